The summed E-state index contributed by atoms with van der Waals surface area (Å²) in [5, 5.41) is 2.95. The number of sulfonamides is 1. The maximum Gasteiger partial charge on any atom is 0.243 e. The molecule has 0 aliphatic carbocycles. The second-order valence-electron chi connectivity index (χ2n) is 9.03. The Morgan fingerprint density at radius 3 is 2.24 bits per heavy atom. The second kappa shape index (κ2) is 10.8. The van der Waals surface area contributed by atoms with E-state index < -0.39 is 10.0 Å². The van der Waals surface area contributed by atoms with Crippen LogP contribution in [0.4, 0.5) is 10.1 Å². The topological polar surface area (TPSA) is 69.7 Å². The van der Waals surface area contributed by atoms with Gasteiger partial charge < -0.3 is 5.32 Å². The van der Waals surface area contributed by atoms with Crippen molar-refractivity contribution in [3.05, 3.63) is 59.9 Å². The number of rotatable bonds is 6. The number of benzene rings is 2. The molecule has 2 saturated heterocycles. The quantitative estimate of drug-likeness (QED) is 0.681. The SMILES string of the molecule is O=C(Nc1ccc(S(=O)(=O)N2CCCCCC2)cc1)C1CCCN(Cc2ccc(F)cc2)C1. The van der Waals surface area contributed by atoms with Crippen LogP contribution in [0.5, 0.6) is 0 Å². The average molecular weight is 474 g/mol. The van der Waals surface area contributed by atoms with Crippen LogP contribution in [0.1, 0.15) is 44.1 Å². The third-order valence-corrected chi connectivity index (χ3v) is 8.43. The summed E-state index contributed by atoms with van der Waals surface area (Å²) in [4.78, 5) is 15.4. The van der Waals surface area contributed by atoms with Gasteiger partial charge in [0, 0.05) is 31.9 Å². The largest absolute Gasteiger partial charge is 0.326 e. The first-order valence-corrected chi connectivity index (χ1v) is 13.2. The molecule has 2 heterocycles. The van der Waals surface area contributed by atoms with E-state index in [0.717, 1.165) is 50.6 Å². The standard InChI is InChI=1S/C25H32FN3O3S/c26-22-9-7-20(8-10-22)18-28-15-5-6-21(19-28)25(30)27-23-11-13-24(14-12-23)33(31,32)29-16-3-1-2-4-17-29/h7-14,21H,1-6,15-19H2,(H,27,30). The molecule has 0 aromatic heterocycles. The van der Waals surface area contributed by atoms with Crippen molar-refractivity contribution in [2.24, 2.45) is 5.92 Å². The predicted octanol–water partition coefficient (Wildman–Crippen LogP) is 4.24. The molecule has 6 nitrogen and oxygen atoms in total. The lowest BCUT2D eigenvalue weighted by Crippen LogP contribution is -2.40. The molecule has 0 radical (unpaired) electrons. The summed E-state index contributed by atoms with van der Waals surface area (Å²) in [6.45, 7) is 3.37. The molecule has 8 heteroatoms. The van der Waals surface area contributed by atoms with Gasteiger partial charge >= 0.3 is 0 Å². The van der Waals surface area contributed by atoms with Gasteiger partial charge in [-0.3, -0.25) is 9.69 Å². The maximum atomic E-state index is 13.1. The Bertz CT molecular complexity index is 1030. The first-order chi connectivity index (χ1) is 15.9. The molecule has 2 aromatic carbocycles. The van der Waals surface area contributed by atoms with Gasteiger partial charge in [0.1, 0.15) is 5.82 Å². The van der Waals surface area contributed by atoms with Crippen molar-refractivity contribution in [1.82, 2.24) is 9.21 Å². The smallest absolute Gasteiger partial charge is 0.243 e. The minimum atomic E-state index is -3.50. The molecule has 1 unspecified atom stereocenters. The van der Waals surface area contributed by atoms with E-state index in [1.807, 2.05) is 0 Å². The van der Waals surface area contributed by atoms with Crippen LogP contribution in [-0.4, -0.2) is 49.7 Å². The summed E-state index contributed by atoms with van der Waals surface area (Å²) in [6.07, 6.45) is 5.66. The molecule has 0 saturated carbocycles. The lowest BCUT2D eigenvalue weighted by atomic mass is 9.96. The van der Waals surface area contributed by atoms with Gasteiger partial charge in [-0.1, -0.05) is 25.0 Å². The molecule has 1 N–H and O–H groups in total. The van der Waals surface area contributed by atoms with Gasteiger partial charge in [-0.05, 0) is 74.2 Å². The van der Waals surface area contributed by atoms with E-state index in [-0.39, 0.29) is 22.5 Å². The lowest BCUT2D eigenvalue weighted by molar-refractivity contribution is -0.121. The first-order valence-electron chi connectivity index (χ1n) is 11.8. The summed E-state index contributed by atoms with van der Waals surface area (Å²) in [6, 6.07) is 13.0. The number of hydrogen-bond acceptors (Lipinski definition) is 4. The lowest BCUT2D eigenvalue weighted by Gasteiger charge is -2.32. The third kappa shape index (κ3) is 6.19. The zero-order chi connectivity index (χ0) is 23.3. The van der Waals surface area contributed by atoms with Crippen molar-refractivity contribution < 1.29 is 17.6 Å². The Balaban J connectivity index is 1.34. The van der Waals surface area contributed by atoms with Crippen LogP contribution in [0.3, 0.4) is 0 Å². The van der Waals surface area contributed by atoms with E-state index in [2.05, 4.69) is 10.2 Å². The Morgan fingerprint density at radius 2 is 1.58 bits per heavy atom. The number of piperidine rings is 1. The van der Waals surface area contributed by atoms with E-state index in [1.54, 1.807) is 40.7 Å². The van der Waals surface area contributed by atoms with Crippen molar-refractivity contribution in [2.75, 3.05) is 31.5 Å². The minimum Gasteiger partial charge on any atom is -0.326 e. The van der Waals surface area contributed by atoms with E-state index in [0.29, 0.717) is 31.9 Å². The molecule has 0 bridgehead atoms. The summed E-state index contributed by atoms with van der Waals surface area (Å²) >= 11 is 0. The van der Waals surface area contributed by atoms with E-state index >= 15 is 0 Å². The van der Waals surface area contributed by atoms with Gasteiger partial charge in [-0.25, -0.2) is 12.8 Å². The van der Waals surface area contributed by atoms with Crippen LogP contribution in [-0.2, 0) is 21.4 Å². The summed E-state index contributed by atoms with van der Waals surface area (Å²) in [7, 11) is -3.50. The minimum absolute atomic E-state index is 0.0538. The summed E-state index contributed by atoms with van der Waals surface area (Å²) < 4.78 is 40.6. The zero-order valence-corrected chi connectivity index (χ0v) is 19.7. The number of carbonyl (C=O) groups is 1. The molecule has 2 aliphatic heterocycles. The van der Waals surface area contributed by atoms with Gasteiger partial charge in [0.15, 0.2) is 0 Å². The normalized spacial score (nSPS) is 20.8. The molecule has 178 valence electrons. The third-order valence-electron chi connectivity index (χ3n) is 6.52. The van der Waals surface area contributed by atoms with Crippen molar-refractivity contribution in [2.45, 2.75) is 50.0 Å². The molecule has 2 fully saturated rings. The van der Waals surface area contributed by atoms with Crippen LogP contribution in [0.15, 0.2) is 53.4 Å². The fraction of sp³-hybridized carbons (Fsp3) is 0.480. The highest BCUT2D eigenvalue weighted by Crippen LogP contribution is 2.24. The van der Waals surface area contributed by atoms with Crippen molar-refractivity contribution in [3.63, 3.8) is 0 Å². The van der Waals surface area contributed by atoms with E-state index in [9.17, 15) is 17.6 Å². The summed E-state index contributed by atoms with van der Waals surface area (Å²) in [5.41, 5.74) is 1.63. The van der Waals surface area contributed by atoms with Crippen LogP contribution in [0.25, 0.3) is 0 Å². The number of hydrogen-bond donors (Lipinski definition) is 1. The number of halogens is 1. The number of nitrogens with zero attached hydrogens (tertiary/aromatic N) is 2. The Kier molecular flexibility index (Phi) is 7.78. The van der Waals surface area contributed by atoms with Gasteiger partial charge in [0.05, 0.1) is 10.8 Å². The fourth-order valence-corrected chi connectivity index (χ4v) is 6.16. The van der Waals surface area contributed by atoms with Crippen molar-refractivity contribution in [1.29, 1.82) is 0 Å². The van der Waals surface area contributed by atoms with Crippen molar-refractivity contribution in [3.8, 4) is 0 Å². The molecule has 1 amide bonds. The van der Waals surface area contributed by atoms with Crippen molar-refractivity contribution >= 4 is 21.6 Å². The second-order valence-corrected chi connectivity index (χ2v) is 11.0. The van der Waals surface area contributed by atoms with Gasteiger partial charge in [-0.2, -0.15) is 4.31 Å². The molecular weight excluding hydrogens is 441 g/mol. The van der Waals surface area contributed by atoms with E-state index in [4.69, 9.17) is 0 Å². The first kappa shape index (κ1) is 23.9. The van der Waals surface area contributed by atoms with Crippen LogP contribution >= 0.6 is 0 Å². The Labute approximate surface area is 195 Å². The molecule has 2 aromatic rings. The number of anilines is 1. The van der Waals surface area contributed by atoms with Gasteiger partial charge in [-0.15, -0.1) is 0 Å². The molecule has 1 atom stereocenters. The Morgan fingerprint density at radius 1 is 0.909 bits per heavy atom. The molecule has 2 aliphatic rings. The van der Waals surface area contributed by atoms with E-state index in [1.165, 1.54) is 12.1 Å². The molecule has 0 spiro atoms. The monoisotopic (exact) mass is 473 g/mol. The Hall–Kier alpha value is -2.29. The number of likely N-dealkylation sites (tertiary alicyclic amines) is 1. The maximum absolute atomic E-state index is 13.1. The van der Waals surface area contributed by atoms with Gasteiger partial charge in [0.2, 0.25) is 15.9 Å². The fourth-order valence-electron chi connectivity index (χ4n) is 4.65. The highest BCUT2D eigenvalue weighted by molar-refractivity contribution is 7.89. The van der Waals surface area contributed by atoms with Crippen LogP contribution in [0, 0.1) is 11.7 Å². The zero-order valence-electron chi connectivity index (χ0n) is 18.9. The van der Waals surface area contributed by atoms with Gasteiger partial charge in [0.25, 0.3) is 0 Å². The number of amides is 1. The molecule has 4 rings (SSSR count). The van der Waals surface area contributed by atoms with Crippen LogP contribution in [0.2, 0.25) is 0 Å². The average Bonchev–Trinajstić information content (AvgIpc) is 3.11. The number of carbonyl (C=O) groups excluding carboxylic acids is 1. The molecule has 33 heavy (non-hydrogen) atoms. The number of nitrogens with one attached hydrogen (secondary N) is 1. The molecular formula is C25H32FN3O3S. The predicted molar refractivity (Wildman–Crippen MR) is 127 cm³/mol. The highest BCUT2D eigenvalue weighted by atomic mass is 32.2. The highest BCUT2D eigenvalue weighted by Gasteiger charge is 2.27. The summed E-state index contributed by atoms with van der Waals surface area (Å²) in [5.74, 6) is -0.443. The van der Waals surface area contributed by atoms with Crippen LogP contribution < -0.4 is 5.32 Å².